The molecule has 0 aromatic heterocycles. The van der Waals surface area contributed by atoms with Gasteiger partial charge in [0.05, 0.1) is 0 Å². The number of allylic oxidation sites excluding steroid dienone is 20. The number of nitrogens with two attached hydrogens (primary N) is 2. The quantitative estimate of drug-likeness (QED) is 0.0559. The van der Waals surface area contributed by atoms with Crippen molar-refractivity contribution in [2.45, 2.75) is 132 Å². The van der Waals surface area contributed by atoms with Crippen LogP contribution < -0.4 is 22.1 Å². The van der Waals surface area contributed by atoms with E-state index in [1.807, 2.05) is 140 Å². The minimum Gasteiger partial charge on any atom is -0.480 e. The monoisotopic (exact) mass is 913 g/mol. The SMILES string of the molecule is CC1=C(/C=C/C(C)=C/C=C/C(C)=C/C=C/C=C(C)/C=C/C=C(C)/C=C/C2=C(C)C(=O)C(OC(=O)NC(CCCN)C(=O)O)CC2(C)C)C(C)(C)CC(OC(=O)NC(CCCN)C(=O)O)C1=O. The Bertz CT molecular complexity index is 2010. The molecule has 2 amide bonds. The van der Waals surface area contributed by atoms with Crippen molar-refractivity contribution >= 4 is 35.7 Å². The lowest BCUT2D eigenvalue weighted by atomic mass is 9.71. The van der Waals surface area contributed by atoms with Gasteiger partial charge in [-0.1, -0.05) is 135 Å². The first-order chi connectivity index (χ1) is 30.9. The van der Waals surface area contributed by atoms with Crippen LogP contribution in [0.25, 0.3) is 0 Å². The molecule has 0 radical (unpaired) electrons. The van der Waals surface area contributed by atoms with E-state index >= 15 is 0 Å². The number of nitrogens with one attached hydrogen (secondary N) is 2. The molecule has 2 aliphatic rings. The average molecular weight is 913 g/mol. The first-order valence-corrected chi connectivity index (χ1v) is 22.3. The Kier molecular flexibility index (Phi) is 22.7. The second kappa shape index (κ2) is 26.7. The van der Waals surface area contributed by atoms with E-state index in [9.17, 15) is 39.0 Å². The van der Waals surface area contributed by atoms with E-state index in [2.05, 4.69) is 10.6 Å². The molecule has 14 nitrogen and oxygen atoms in total. The fourth-order valence-corrected chi connectivity index (χ4v) is 7.53. The van der Waals surface area contributed by atoms with Gasteiger partial charge >= 0.3 is 24.1 Å². The van der Waals surface area contributed by atoms with E-state index in [-0.39, 0.29) is 50.3 Å². The minimum absolute atomic E-state index is 0.156. The summed E-state index contributed by atoms with van der Waals surface area (Å²) in [6.45, 7) is 19.8. The molecule has 0 aromatic carbocycles. The lowest BCUT2D eigenvalue weighted by molar-refractivity contribution is -0.140. The van der Waals surface area contributed by atoms with Crippen LogP contribution in [0.1, 0.15) is 108 Å². The summed E-state index contributed by atoms with van der Waals surface area (Å²) in [4.78, 5) is 74.5. The van der Waals surface area contributed by atoms with Crippen molar-refractivity contribution in [1.82, 2.24) is 10.6 Å². The second-order valence-corrected chi connectivity index (χ2v) is 18.1. The molecule has 0 spiro atoms. The van der Waals surface area contributed by atoms with Crippen molar-refractivity contribution in [3.63, 3.8) is 0 Å². The Morgan fingerprint density at radius 1 is 0.606 bits per heavy atom. The molecule has 0 heterocycles. The predicted octanol–water partition coefficient (Wildman–Crippen LogP) is 8.76. The average Bonchev–Trinajstić information content (AvgIpc) is 3.22. The van der Waals surface area contributed by atoms with Crippen molar-refractivity contribution < 1.29 is 48.5 Å². The van der Waals surface area contributed by atoms with Crippen molar-refractivity contribution in [2.24, 2.45) is 22.3 Å². The number of aliphatic carboxylic acids is 2. The molecule has 14 heteroatoms. The number of alkyl carbamates (subject to hydrolysis) is 2. The van der Waals surface area contributed by atoms with Crippen LogP contribution in [-0.2, 0) is 28.7 Å². The molecular weight excluding hydrogens is 841 g/mol. The van der Waals surface area contributed by atoms with E-state index in [4.69, 9.17) is 20.9 Å². The highest BCUT2D eigenvalue weighted by molar-refractivity contribution is 6.02. The standard InChI is InChI=1S/C52H72N4O10/c1-33(19-13-21-35(3)25-27-39-37(5)45(57)43(31-51(39,7)8)65-49(63)55-41(47(59)60)23-15-29-53)17-11-12-18-34(2)20-14-22-36(4)26-28-40-38(6)46(58)44(32-52(40,9)10)66-50(64)56-42(48(61)62)24-16-30-54/h11-14,17-22,25-28,41-44H,15-16,23-24,29-32,53-54H2,1-10H3,(H,55,63)(H,56,64)(H,59,60)(H,61,62)/b12-11+,19-13+,20-14+,27-25+,28-26+,33-17+,34-18+,35-21+,36-22+. The van der Waals surface area contributed by atoms with Crippen molar-refractivity contribution in [2.75, 3.05) is 13.1 Å². The number of carboxylic acid groups (broad SMARTS) is 2. The number of carboxylic acids is 2. The van der Waals surface area contributed by atoms with E-state index < -0.39 is 59.2 Å². The molecule has 8 N–H and O–H groups in total. The summed E-state index contributed by atoms with van der Waals surface area (Å²) < 4.78 is 10.8. The lowest BCUT2D eigenvalue weighted by Crippen LogP contribution is -2.45. The van der Waals surface area contributed by atoms with Gasteiger partial charge in [-0.25, -0.2) is 19.2 Å². The molecule has 2 rings (SSSR count). The molecule has 4 unspecified atom stereocenters. The Hall–Kier alpha value is -6.12. The van der Waals surface area contributed by atoms with E-state index in [0.717, 1.165) is 33.4 Å². The van der Waals surface area contributed by atoms with Gasteiger partial charge in [-0.2, -0.15) is 0 Å². The highest BCUT2D eigenvalue weighted by atomic mass is 16.6. The van der Waals surface area contributed by atoms with Gasteiger partial charge in [0.25, 0.3) is 0 Å². The van der Waals surface area contributed by atoms with Gasteiger partial charge in [0, 0.05) is 12.8 Å². The van der Waals surface area contributed by atoms with Crippen molar-refractivity contribution in [1.29, 1.82) is 0 Å². The maximum Gasteiger partial charge on any atom is 0.408 e. The van der Waals surface area contributed by atoms with Crippen LogP contribution in [0.2, 0.25) is 0 Å². The molecule has 0 aromatic rings. The maximum absolute atomic E-state index is 13.2. The van der Waals surface area contributed by atoms with Crippen molar-refractivity contribution in [3.8, 4) is 0 Å². The normalized spacial score (nSPS) is 20.8. The van der Waals surface area contributed by atoms with Gasteiger partial charge in [0.1, 0.15) is 12.1 Å². The van der Waals surface area contributed by atoms with Gasteiger partial charge in [0.2, 0.25) is 0 Å². The second-order valence-electron chi connectivity index (χ2n) is 18.1. The number of hydrogen-bond acceptors (Lipinski definition) is 10. The summed E-state index contributed by atoms with van der Waals surface area (Å²) in [6.07, 6.45) is 25.2. The van der Waals surface area contributed by atoms with Crippen LogP contribution in [-0.4, -0.2) is 83.3 Å². The number of hydrogen-bond donors (Lipinski definition) is 6. The third-order valence-electron chi connectivity index (χ3n) is 11.3. The summed E-state index contributed by atoms with van der Waals surface area (Å²) in [6, 6.07) is -2.30. The van der Waals surface area contributed by atoms with Crippen LogP contribution >= 0.6 is 0 Å². The fraction of sp³-hybridized carbons (Fsp3) is 0.462. The van der Waals surface area contributed by atoms with E-state index in [0.29, 0.717) is 24.0 Å². The van der Waals surface area contributed by atoms with Crippen molar-refractivity contribution in [3.05, 3.63) is 130 Å². The molecule has 0 saturated heterocycles. The molecule has 0 fully saturated rings. The zero-order valence-electron chi connectivity index (χ0n) is 40.4. The topological polar surface area (TPSA) is 237 Å². The Morgan fingerprint density at radius 3 is 1.24 bits per heavy atom. The zero-order valence-corrected chi connectivity index (χ0v) is 40.4. The number of amides is 2. The van der Waals surface area contributed by atoms with Crippen LogP contribution in [0.4, 0.5) is 9.59 Å². The first kappa shape index (κ1) is 56.0. The van der Waals surface area contributed by atoms with Crippen LogP contribution in [0.15, 0.2) is 130 Å². The predicted molar refractivity (Wildman–Crippen MR) is 259 cm³/mol. The van der Waals surface area contributed by atoms with Crippen LogP contribution in [0.5, 0.6) is 0 Å². The number of carbonyl (C=O) groups excluding carboxylic acids is 4. The number of ketones is 2. The Balaban J connectivity index is 1.99. The highest BCUT2D eigenvalue weighted by Gasteiger charge is 2.41. The van der Waals surface area contributed by atoms with Gasteiger partial charge in [-0.15, -0.1) is 0 Å². The number of Topliss-reactive ketones (excluding diaryl/α,β-unsaturated/α-hetero) is 2. The Morgan fingerprint density at radius 2 is 0.924 bits per heavy atom. The smallest absolute Gasteiger partial charge is 0.408 e. The van der Waals surface area contributed by atoms with Gasteiger partial charge < -0.3 is 41.8 Å². The minimum atomic E-state index is -1.19. The summed E-state index contributed by atoms with van der Waals surface area (Å²) >= 11 is 0. The third kappa shape index (κ3) is 18.4. The molecular formula is C52H72N4O10. The number of rotatable bonds is 22. The molecule has 0 bridgehead atoms. The maximum atomic E-state index is 13.2. The van der Waals surface area contributed by atoms with E-state index in [1.54, 1.807) is 13.8 Å². The number of ether oxygens (including phenoxy) is 2. The largest absolute Gasteiger partial charge is 0.480 e. The third-order valence-corrected chi connectivity index (χ3v) is 11.3. The van der Waals surface area contributed by atoms with Gasteiger partial charge in [-0.3, -0.25) is 9.59 Å². The highest BCUT2D eigenvalue weighted by Crippen LogP contribution is 2.42. The van der Waals surface area contributed by atoms with E-state index in [1.165, 1.54) is 0 Å². The summed E-state index contributed by atoms with van der Waals surface area (Å²) in [7, 11) is 0. The number of carbonyl (C=O) groups is 6. The molecule has 2 aliphatic carbocycles. The first-order valence-electron chi connectivity index (χ1n) is 22.3. The molecule has 0 saturated carbocycles. The molecule has 0 aliphatic heterocycles. The molecule has 4 atom stereocenters. The summed E-state index contributed by atoms with van der Waals surface area (Å²) in [5, 5.41) is 23.5. The lowest BCUT2D eigenvalue weighted by Gasteiger charge is -2.36. The van der Waals surface area contributed by atoms with Gasteiger partial charge in [0.15, 0.2) is 23.8 Å². The summed E-state index contributed by atoms with van der Waals surface area (Å²) in [5.41, 5.74) is 16.6. The Labute approximate surface area is 390 Å². The van der Waals surface area contributed by atoms with Crippen LogP contribution in [0.3, 0.4) is 0 Å². The summed E-state index contributed by atoms with van der Waals surface area (Å²) in [5.74, 6) is -3.02. The molecule has 66 heavy (non-hydrogen) atoms. The zero-order chi connectivity index (χ0) is 49.8. The van der Waals surface area contributed by atoms with Gasteiger partial charge in [-0.05, 0) is 113 Å². The van der Waals surface area contributed by atoms with Crippen LogP contribution in [0, 0.1) is 10.8 Å². The molecule has 360 valence electrons. The fourth-order valence-electron chi connectivity index (χ4n) is 7.53.